The maximum atomic E-state index is 12.1. The highest BCUT2D eigenvalue weighted by Gasteiger charge is 2.25. The second-order valence-corrected chi connectivity index (χ2v) is 5.99. The Morgan fingerprint density at radius 2 is 1.81 bits per heavy atom. The van der Waals surface area contributed by atoms with Crippen molar-refractivity contribution in [2.45, 2.75) is 19.3 Å². The van der Waals surface area contributed by atoms with Crippen LogP contribution in [0.2, 0.25) is 0 Å². The van der Waals surface area contributed by atoms with E-state index in [2.05, 4.69) is 17.5 Å². The summed E-state index contributed by atoms with van der Waals surface area (Å²) in [7, 11) is 3.50. The van der Waals surface area contributed by atoms with Crippen LogP contribution >= 0.6 is 0 Å². The fraction of sp³-hybridized carbons (Fsp3) is 0.733. The summed E-state index contributed by atoms with van der Waals surface area (Å²) in [6.07, 6.45) is 7.74. The number of rotatable bonds is 2. The van der Waals surface area contributed by atoms with Gasteiger partial charge in [-0.1, -0.05) is 12.2 Å². The Morgan fingerprint density at radius 1 is 1.14 bits per heavy atom. The third kappa shape index (κ3) is 4.37. The highest BCUT2D eigenvalue weighted by molar-refractivity contribution is 5.76. The molecule has 118 valence electrons. The summed E-state index contributed by atoms with van der Waals surface area (Å²) >= 11 is 0. The Hall–Kier alpha value is -1.72. The van der Waals surface area contributed by atoms with Crippen molar-refractivity contribution >= 4 is 12.1 Å². The molecule has 1 N–H and O–H groups in total. The molecule has 1 heterocycles. The lowest BCUT2D eigenvalue weighted by Crippen LogP contribution is -2.55. The van der Waals surface area contributed by atoms with E-state index in [9.17, 15) is 9.59 Å². The molecule has 21 heavy (non-hydrogen) atoms. The molecule has 1 saturated heterocycles. The highest BCUT2D eigenvalue weighted by atomic mass is 16.2. The van der Waals surface area contributed by atoms with Crippen molar-refractivity contribution < 1.29 is 9.59 Å². The van der Waals surface area contributed by atoms with Crippen molar-refractivity contribution in [3.05, 3.63) is 12.2 Å². The first kappa shape index (κ1) is 15.7. The van der Waals surface area contributed by atoms with Gasteiger partial charge in [-0.3, -0.25) is 0 Å². The molecule has 1 aliphatic heterocycles. The zero-order valence-corrected chi connectivity index (χ0v) is 13.0. The van der Waals surface area contributed by atoms with Gasteiger partial charge in [0.1, 0.15) is 0 Å². The Labute approximate surface area is 126 Å². The molecule has 1 fully saturated rings. The van der Waals surface area contributed by atoms with Gasteiger partial charge in [0.25, 0.3) is 0 Å². The molecule has 0 bridgehead atoms. The van der Waals surface area contributed by atoms with E-state index in [4.69, 9.17) is 0 Å². The third-order valence-corrected chi connectivity index (χ3v) is 4.14. The third-order valence-electron chi connectivity index (χ3n) is 4.14. The van der Waals surface area contributed by atoms with Crippen LogP contribution in [0.5, 0.6) is 0 Å². The number of urea groups is 2. The zero-order chi connectivity index (χ0) is 15.2. The number of piperazine rings is 1. The Kier molecular flexibility index (Phi) is 5.47. The zero-order valence-electron chi connectivity index (χ0n) is 13.0. The molecule has 0 aromatic carbocycles. The second kappa shape index (κ2) is 7.33. The van der Waals surface area contributed by atoms with Crippen LogP contribution in [0.3, 0.4) is 0 Å². The molecule has 1 unspecified atom stereocenters. The minimum absolute atomic E-state index is 0.00139. The summed E-state index contributed by atoms with van der Waals surface area (Å²) in [4.78, 5) is 29.1. The molecule has 1 atom stereocenters. The summed E-state index contributed by atoms with van der Waals surface area (Å²) in [5.41, 5.74) is 0. The number of hydrogen-bond donors (Lipinski definition) is 1. The SMILES string of the molecule is CN(C)C(=O)N1CCN(C(=O)NCC2CC=CCC2)CC1. The molecule has 2 aliphatic rings. The highest BCUT2D eigenvalue weighted by Crippen LogP contribution is 2.17. The minimum atomic E-state index is 0.00139. The fourth-order valence-corrected chi connectivity index (χ4v) is 2.77. The number of allylic oxidation sites excluding steroid dienone is 2. The molecule has 6 heteroatoms. The van der Waals surface area contributed by atoms with E-state index < -0.39 is 0 Å². The van der Waals surface area contributed by atoms with Gasteiger partial charge in [-0.25, -0.2) is 9.59 Å². The predicted molar refractivity (Wildman–Crippen MR) is 82.1 cm³/mol. The van der Waals surface area contributed by atoms with E-state index in [1.54, 1.807) is 28.8 Å². The maximum Gasteiger partial charge on any atom is 0.319 e. The standard InChI is InChI=1S/C15H26N4O2/c1-17(2)15(21)19-10-8-18(9-11-19)14(20)16-12-13-6-4-3-5-7-13/h3-4,13H,5-12H2,1-2H3,(H,16,20). The van der Waals surface area contributed by atoms with Crippen LogP contribution in [0.1, 0.15) is 19.3 Å². The molecule has 6 nitrogen and oxygen atoms in total. The van der Waals surface area contributed by atoms with Crippen LogP contribution in [-0.4, -0.2) is 73.6 Å². The Morgan fingerprint density at radius 3 is 2.38 bits per heavy atom. The van der Waals surface area contributed by atoms with Gasteiger partial charge in [-0.2, -0.15) is 0 Å². The first-order valence-corrected chi connectivity index (χ1v) is 7.72. The fourth-order valence-electron chi connectivity index (χ4n) is 2.77. The summed E-state index contributed by atoms with van der Waals surface area (Å²) in [6, 6.07) is 0.0190. The number of carbonyl (C=O) groups is 2. The average Bonchev–Trinajstić information content (AvgIpc) is 2.53. The van der Waals surface area contributed by atoms with Crippen LogP contribution in [0.4, 0.5) is 9.59 Å². The van der Waals surface area contributed by atoms with E-state index in [0.717, 1.165) is 25.8 Å². The smallest absolute Gasteiger partial charge is 0.319 e. The largest absolute Gasteiger partial charge is 0.338 e. The van der Waals surface area contributed by atoms with Crippen LogP contribution < -0.4 is 5.32 Å². The Balaban J connectivity index is 1.70. The van der Waals surface area contributed by atoms with Crippen molar-refractivity contribution in [3.63, 3.8) is 0 Å². The first-order valence-electron chi connectivity index (χ1n) is 7.72. The molecule has 0 radical (unpaired) electrons. The lowest BCUT2D eigenvalue weighted by Gasteiger charge is -2.36. The Bertz CT molecular complexity index is 400. The molecular formula is C15H26N4O2. The van der Waals surface area contributed by atoms with Gasteiger partial charge in [-0.05, 0) is 25.2 Å². The molecule has 0 spiro atoms. The van der Waals surface area contributed by atoms with Crippen molar-refractivity contribution in [2.75, 3.05) is 46.8 Å². The topological polar surface area (TPSA) is 55.9 Å². The first-order chi connectivity index (χ1) is 10.1. The minimum Gasteiger partial charge on any atom is -0.338 e. The molecule has 0 aromatic rings. The van der Waals surface area contributed by atoms with Gasteiger partial charge >= 0.3 is 12.1 Å². The predicted octanol–water partition coefficient (Wildman–Crippen LogP) is 1.35. The quantitative estimate of drug-likeness (QED) is 0.782. The molecule has 0 aromatic heterocycles. The summed E-state index contributed by atoms with van der Waals surface area (Å²) in [5.74, 6) is 0.565. The molecule has 0 saturated carbocycles. The van der Waals surface area contributed by atoms with Crippen LogP contribution in [0, 0.1) is 5.92 Å². The molecule has 1 aliphatic carbocycles. The van der Waals surface area contributed by atoms with Crippen molar-refractivity contribution in [1.29, 1.82) is 0 Å². The lowest BCUT2D eigenvalue weighted by molar-refractivity contribution is 0.128. The van der Waals surface area contributed by atoms with Crippen LogP contribution in [0.15, 0.2) is 12.2 Å². The van der Waals surface area contributed by atoms with E-state index in [1.165, 1.54) is 0 Å². The summed E-state index contributed by atoms with van der Waals surface area (Å²) < 4.78 is 0. The number of nitrogens with one attached hydrogen (secondary N) is 1. The summed E-state index contributed by atoms with van der Waals surface area (Å²) in [6.45, 7) is 3.18. The van der Waals surface area contributed by atoms with Gasteiger partial charge in [0.05, 0.1) is 0 Å². The van der Waals surface area contributed by atoms with E-state index in [0.29, 0.717) is 32.1 Å². The van der Waals surface area contributed by atoms with E-state index in [-0.39, 0.29) is 12.1 Å². The van der Waals surface area contributed by atoms with Crippen LogP contribution in [-0.2, 0) is 0 Å². The van der Waals surface area contributed by atoms with Gasteiger partial charge < -0.3 is 20.0 Å². The van der Waals surface area contributed by atoms with E-state index >= 15 is 0 Å². The van der Waals surface area contributed by atoms with Gasteiger partial charge in [0.2, 0.25) is 0 Å². The average molecular weight is 294 g/mol. The van der Waals surface area contributed by atoms with E-state index in [1.807, 2.05) is 0 Å². The van der Waals surface area contributed by atoms with Gasteiger partial charge in [0, 0.05) is 46.8 Å². The lowest BCUT2D eigenvalue weighted by atomic mass is 9.94. The van der Waals surface area contributed by atoms with Crippen molar-refractivity contribution in [3.8, 4) is 0 Å². The normalized spacial score (nSPS) is 22.1. The number of carbonyl (C=O) groups excluding carboxylic acids is 2. The van der Waals surface area contributed by atoms with Crippen molar-refractivity contribution in [2.24, 2.45) is 5.92 Å². The summed E-state index contributed by atoms with van der Waals surface area (Å²) in [5, 5.41) is 3.03. The molecule has 2 rings (SSSR count). The van der Waals surface area contributed by atoms with Gasteiger partial charge in [-0.15, -0.1) is 0 Å². The number of nitrogens with zero attached hydrogens (tertiary/aromatic N) is 3. The number of amides is 4. The number of hydrogen-bond acceptors (Lipinski definition) is 2. The molecule has 4 amide bonds. The van der Waals surface area contributed by atoms with Gasteiger partial charge in [0.15, 0.2) is 0 Å². The monoisotopic (exact) mass is 294 g/mol. The van der Waals surface area contributed by atoms with Crippen molar-refractivity contribution in [1.82, 2.24) is 20.0 Å². The molecular weight excluding hydrogens is 268 g/mol. The second-order valence-electron chi connectivity index (χ2n) is 5.99. The van der Waals surface area contributed by atoms with Crippen LogP contribution in [0.25, 0.3) is 0 Å². The maximum absolute atomic E-state index is 12.1.